The molecule has 0 saturated heterocycles. The molecule has 2 aromatic carbocycles. The average molecular weight is 382 g/mol. The first kappa shape index (κ1) is 19.0. The summed E-state index contributed by atoms with van der Waals surface area (Å²) < 4.78 is 1.87. The maximum absolute atomic E-state index is 12.6. The Hall–Kier alpha value is -2.73. The largest absolute Gasteiger partial charge is 0.351 e. The molecule has 0 aliphatic rings. The Morgan fingerprint density at radius 2 is 1.93 bits per heavy atom. The molecule has 27 heavy (non-hydrogen) atoms. The zero-order chi connectivity index (χ0) is 19.4. The van der Waals surface area contributed by atoms with E-state index in [-0.39, 0.29) is 17.4 Å². The van der Waals surface area contributed by atoms with E-state index in [2.05, 4.69) is 29.4 Å². The lowest BCUT2D eigenvalue weighted by molar-refractivity contribution is 0.0951. The molecule has 140 valence electrons. The van der Waals surface area contributed by atoms with Crippen LogP contribution in [-0.2, 0) is 6.54 Å². The lowest BCUT2D eigenvalue weighted by Gasteiger charge is -2.16. The number of hydrogen-bond acceptors (Lipinski definition) is 3. The van der Waals surface area contributed by atoms with Gasteiger partial charge in [-0.2, -0.15) is 0 Å². The summed E-state index contributed by atoms with van der Waals surface area (Å²) in [6, 6.07) is 15.2. The number of nitrogens with zero attached hydrogens (tertiary/aromatic N) is 1. The van der Waals surface area contributed by atoms with Gasteiger partial charge in [0.15, 0.2) is 4.77 Å². The lowest BCUT2D eigenvalue weighted by atomic mass is 9.96. The van der Waals surface area contributed by atoms with E-state index in [1.54, 1.807) is 18.2 Å². The second-order valence-corrected chi connectivity index (χ2v) is 6.85. The van der Waals surface area contributed by atoms with E-state index in [0.29, 0.717) is 34.3 Å². The Kier molecular flexibility index (Phi) is 5.86. The van der Waals surface area contributed by atoms with Crippen LogP contribution in [0.15, 0.2) is 53.3 Å². The number of carbonyl (C=O) groups is 1. The predicted molar refractivity (Wildman–Crippen MR) is 111 cm³/mol. The van der Waals surface area contributed by atoms with Gasteiger partial charge in [-0.3, -0.25) is 14.2 Å². The maximum atomic E-state index is 12.6. The smallest absolute Gasteiger partial charge is 0.262 e. The van der Waals surface area contributed by atoms with Gasteiger partial charge >= 0.3 is 0 Å². The fraction of sp³-hybridized carbons (Fsp3) is 0.286. The van der Waals surface area contributed by atoms with Gasteiger partial charge in [-0.1, -0.05) is 37.3 Å². The van der Waals surface area contributed by atoms with E-state index >= 15 is 0 Å². The van der Waals surface area contributed by atoms with Gasteiger partial charge in [0.05, 0.1) is 10.9 Å². The van der Waals surface area contributed by atoms with Gasteiger partial charge in [-0.05, 0) is 49.3 Å². The van der Waals surface area contributed by atoms with Gasteiger partial charge in [0.1, 0.15) is 0 Å². The molecule has 0 fully saturated rings. The highest BCUT2D eigenvalue weighted by molar-refractivity contribution is 7.71. The molecule has 1 amide bonds. The summed E-state index contributed by atoms with van der Waals surface area (Å²) in [4.78, 5) is 28.1. The molecule has 0 radical (unpaired) electrons. The fourth-order valence-electron chi connectivity index (χ4n) is 3.22. The number of rotatable bonds is 6. The monoisotopic (exact) mass is 381 g/mol. The molecule has 0 aliphatic carbocycles. The minimum absolute atomic E-state index is 0.140. The minimum atomic E-state index is -0.162. The molecule has 1 atom stereocenters. The summed E-state index contributed by atoms with van der Waals surface area (Å²) in [5, 5.41) is 3.53. The third-order valence-electron chi connectivity index (χ3n) is 4.83. The van der Waals surface area contributed by atoms with Crippen molar-refractivity contribution in [1.82, 2.24) is 14.9 Å². The molecule has 0 spiro atoms. The second-order valence-electron chi connectivity index (χ2n) is 6.47. The summed E-state index contributed by atoms with van der Waals surface area (Å²) in [6.45, 7) is 5.04. The van der Waals surface area contributed by atoms with Gasteiger partial charge in [0.25, 0.3) is 11.5 Å². The molecule has 0 aliphatic heterocycles. The van der Waals surface area contributed by atoms with Crippen molar-refractivity contribution in [2.75, 3.05) is 6.54 Å². The van der Waals surface area contributed by atoms with Crippen LogP contribution < -0.4 is 10.9 Å². The molecular formula is C21H23N3O2S. The third-order valence-corrected chi connectivity index (χ3v) is 5.16. The van der Waals surface area contributed by atoms with Crippen LogP contribution in [-0.4, -0.2) is 22.0 Å². The number of benzene rings is 2. The number of H-pyrrole nitrogens is 1. The summed E-state index contributed by atoms with van der Waals surface area (Å²) >= 11 is 5.24. The normalized spacial score (nSPS) is 12.1. The van der Waals surface area contributed by atoms with Gasteiger partial charge in [0, 0.05) is 24.6 Å². The van der Waals surface area contributed by atoms with E-state index in [1.165, 1.54) is 10.1 Å². The van der Waals surface area contributed by atoms with Crippen molar-refractivity contribution in [3.8, 4) is 0 Å². The topological polar surface area (TPSA) is 66.9 Å². The Balaban J connectivity index is 1.82. The van der Waals surface area contributed by atoms with E-state index in [0.717, 1.165) is 6.42 Å². The van der Waals surface area contributed by atoms with Crippen LogP contribution in [0, 0.1) is 4.77 Å². The third kappa shape index (κ3) is 4.01. The molecule has 3 aromatic rings. The first-order valence-electron chi connectivity index (χ1n) is 9.15. The summed E-state index contributed by atoms with van der Waals surface area (Å²) in [5.74, 6) is 0.100. The molecular weight excluding hydrogens is 358 g/mol. The lowest BCUT2D eigenvalue weighted by Crippen LogP contribution is -2.28. The van der Waals surface area contributed by atoms with Crippen molar-refractivity contribution >= 4 is 29.0 Å². The molecule has 6 heteroatoms. The number of fused-ring (bicyclic) bond motifs is 1. The fourth-order valence-corrected chi connectivity index (χ4v) is 3.55. The molecule has 5 nitrogen and oxygen atoms in total. The number of aromatic amines is 1. The van der Waals surface area contributed by atoms with Crippen molar-refractivity contribution in [2.24, 2.45) is 0 Å². The minimum Gasteiger partial charge on any atom is -0.351 e. The number of hydrogen-bond donors (Lipinski definition) is 2. The van der Waals surface area contributed by atoms with Gasteiger partial charge in [-0.25, -0.2) is 0 Å². The van der Waals surface area contributed by atoms with Crippen LogP contribution >= 0.6 is 12.2 Å². The molecule has 1 unspecified atom stereocenters. The van der Waals surface area contributed by atoms with Crippen molar-refractivity contribution in [2.45, 2.75) is 32.7 Å². The summed E-state index contributed by atoms with van der Waals surface area (Å²) in [7, 11) is 0. The zero-order valence-corrected chi connectivity index (χ0v) is 16.3. The molecule has 1 aromatic heterocycles. The zero-order valence-electron chi connectivity index (χ0n) is 15.5. The molecule has 1 heterocycles. The standard InChI is InChI=1S/C21H23N3O2S/c1-3-14(15-8-6-5-7-9-15)13-22-19(25)16-10-11-17-18(12-16)23-21(27)24(4-2)20(17)26/h5-12,14H,3-4,13H2,1-2H3,(H,22,25)(H,23,27). The number of carbonyl (C=O) groups excluding carboxylic acids is 1. The Morgan fingerprint density at radius 3 is 2.59 bits per heavy atom. The van der Waals surface area contributed by atoms with E-state index in [9.17, 15) is 9.59 Å². The van der Waals surface area contributed by atoms with Crippen molar-refractivity contribution in [1.29, 1.82) is 0 Å². The Labute approximate surface area is 163 Å². The molecule has 2 N–H and O–H groups in total. The Morgan fingerprint density at radius 1 is 1.19 bits per heavy atom. The number of amides is 1. The van der Waals surface area contributed by atoms with Gasteiger partial charge in [-0.15, -0.1) is 0 Å². The number of nitrogens with one attached hydrogen (secondary N) is 2. The van der Waals surface area contributed by atoms with Crippen LogP contribution in [0.1, 0.15) is 42.1 Å². The highest BCUT2D eigenvalue weighted by Crippen LogP contribution is 2.18. The van der Waals surface area contributed by atoms with Crippen LogP contribution in [0.25, 0.3) is 10.9 Å². The van der Waals surface area contributed by atoms with Crippen molar-refractivity contribution < 1.29 is 4.79 Å². The van der Waals surface area contributed by atoms with Gasteiger partial charge < -0.3 is 10.3 Å². The van der Waals surface area contributed by atoms with Crippen LogP contribution in [0.4, 0.5) is 0 Å². The Bertz CT molecular complexity index is 1070. The van der Waals surface area contributed by atoms with Crippen molar-refractivity contribution in [3.63, 3.8) is 0 Å². The number of aromatic nitrogens is 2. The van der Waals surface area contributed by atoms with Crippen LogP contribution in [0.5, 0.6) is 0 Å². The second kappa shape index (κ2) is 8.31. The molecule has 0 bridgehead atoms. The highest BCUT2D eigenvalue weighted by atomic mass is 32.1. The predicted octanol–water partition coefficient (Wildman–Crippen LogP) is 4.00. The van der Waals surface area contributed by atoms with Gasteiger partial charge in [0.2, 0.25) is 0 Å². The first-order valence-corrected chi connectivity index (χ1v) is 9.56. The molecule has 3 rings (SSSR count). The van der Waals surface area contributed by atoms with Crippen LogP contribution in [0.2, 0.25) is 0 Å². The SMILES string of the molecule is CCC(CNC(=O)c1ccc2c(=O)n(CC)c(=S)[nH]c2c1)c1ccccc1. The maximum Gasteiger partial charge on any atom is 0.262 e. The quantitative estimate of drug-likeness (QED) is 0.634. The summed E-state index contributed by atoms with van der Waals surface area (Å²) in [6.07, 6.45) is 0.936. The van der Waals surface area contributed by atoms with E-state index in [1.807, 2.05) is 25.1 Å². The highest BCUT2D eigenvalue weighted by Gasteiger charge is 2.13. The van der Waals surface area contributed by atoms with E-state index in [4.69, 9.17) is 12.2 Å². The van der Waals surface area contributed by atoms with E-state index < -0.39 is 0 Å². The molecule has 0 saturated carbocycles. The van der Waals surface area contributed by atoms with Crippen molar-refractivity contribution in [3.05, 3.63) is 74.8 Å². The van der Waals surface area contributed by atoms with Crippen LogP contribution in [0.3, 0.4) is 0 Å². The average Bonchev–Trinajstić information content (AvgIpc) is 2.69. The summed E-state index contributed by atoms with van der Waals surface area (Å²) in [5.41, 5.74) is 2.16. The first-order chi connectivity index (χ1) is 13.0.